The van der Waals surface area contributed by atoms with Crippen LogP contribution in [0.25, 0.3) is 0 Å². The molecule has 0 radical (unpaired) electrons. The highest BCUT2D eigenvalue weighted by atomic mass is 32.1. The minimum atomic E-state index is 0.730. The quantitative estimate of drug-likeness (QED) is 0.668. The molecule has 0 aromatic carbocycles. The molecule has 1 nitrogen and oxygen atoms in total. The summed E-state index contributed by atoms with van der Waals surface area (Å²) in [5.41, 5.74) is 1.42. The second-order valence-electron chi connectivity index (χ2n) is 4.28. The number of thiazole rings is 1. The summed E-state index contributed by atoms with van der Waals surface area (Å²) in [6.45, 7) is 6.75. The molecule has 0 saturated heterocycles. The van der Waals surface area contributed by atoms with Crippen LogP contribution >= 0.6 is 11.3 Å². The Labute approximate surface area is 84.2 Å². The number of aromatic nitrogens is 1. The highest BCUT2D eigenvalue weighted by molar-refractivity contribution is 7.11. The van der Waals surface area contributed by atoms with Crippen molar-refractivity contribution in [3.8, 4) is 0 Å². The second kappa shape index (κ2) is 3.41. The fourth-order valence-corrected chi connectivity index (χ4v) is 3.27. The predicted molar refractivity (Wildman–Crippen MR) is 57.4 cm³/mol. The van der Waals surface area contributed by atoms with Gasteiger partial charge in [-0.2, -0.15) is 0 Å². The molecule has 0 amide bonds. The van der Waals surface area contributed by atoms with E-state index in [9.17, 15) is 0 Å². The maximum atomic E-state index is 4.67. The second-order valence-corrected chi connectivity index (χ2v) is 5.57. The minimum Gasteiger partial charge on any atom is -0.246 e. The van der Waals surface area contributed by atoms with E-state index >= 15 is 0 Å². The normalized spacial score (nSPS) is 22.0. The molecule has 0 aliphatic heterocycles. The van der Waals surface area contributed by atoms with Crippen LogP contribution in [0.4, 0.5) is 0 Å². The van der Waals surface area contributed by atoms with E-state index in [4.69, 9.17) is 0 Å². The lowest BCUT2D eigenvalue weighted by Gasteiger charge is -2.24. The number of fused-ring (bicyclic) bond motifs is 1. The Morgan fingerprint density at radius 2 is 2.23 bits per heavy atom. The first kappa shape index (κ1) is 9.20. The molecular weight excluding hydrogens is 178 g/mol. The van der Waals surface area contributed by atoms with Gasteiger partial charge in [0.2, 0.25) is 0 Å². The molecule has 13 heavy (non-hydrogen) atoms. The van der Waals surface area contributed by atoms with E-state index in [1.807, 2.05) is 11.3 Å². The summed E-state index contributed by atoms with van der Waals surface area (Å²) in [7, 11) is 0. The highest BCUT2D eigenvalue weighted by Crippen LogP contribution is 2.38. The van der Waals surface area contributed by atoms with Crippen molar-refractivity contribution in [3.63, 3.8) is 0 Å². The summed E-state index contributed by atoms with van der Waals surface area (Å²) in [5.74, 6) is 1.48. The maximum Gasteiger partial charge on any atom is 0.0900 e. The van der Waals surface area contributed by atoms with Crippen LogP contribution in [-0.4, -0.2) is 4.98 Å². The Hall–Kier alpha value is -0.370. The Kier molecular flexibility index (Phi) is 2.41. The van der Waals surface area contributed by atoms with Gasteiger partial charge in [-0.25, -0.2) is 4.98 Å². The van der Waals surface area contributed by atoms with Crippen LogP contribution in [-0.2, 0) is 6.42 Å². The molecule has 0 bridgehead atoms. The van der Waals surface area contributed by atoms with Gasteiger partial charge >= 0.3 is 0 Å². The zero-order chi connectivity index (χ0) is 9.42. The van der Waals surface area contributed by atoms with Crippen LogP contribution in [0, 0.1) is 12.8 Å². The third-order valence-electron chi connectivity index (χ3n) is 2.91. The van der Waals surface area contributed by atoms with E-state index in [1.54, 1.807) is 4.88 Å². The van der Waals surface area contributed by atoms with Gasteiger partial charge in [-0.1, -0.05) is 13.8 Å². The van der Waals surface area contributed by atoms with E-state index < -0.39 is 0 Å². The Balaban J connectivity index is 2.36. The molecule has 0 spiro atoms. The fraction of sp³-hybridized carbons (Fsp3) is 0.727. The minimum absolute atomic E-state index is 0.730. The van der Waals surface area contributed by atoms with E-state index in [0.717, 1.165) is 11.8 Å². The monoisotopic (exact) mass is 195 g/mol. The molecule has 72 valence electrons. The van der Waals surface area contributed by atoms with Crippen LogP contribution in [0.2, 0.25) is 0 Å². The van der Waals surface area contributed by atoms with Crippen molar-refractivity contribution in [2.75, 3.05) is 0 Å². The standard InChI is InChI=1S/C11H17NS/c1-7(2)9-5-4-6-10-11(9)12-8(3)13-10/h7,9H,4-6H2,1-3H3. The number of rotatable bonds is 1. The Morgan fingerprint density at radius 1 is 1.46 bits per heavy atom. The fourth-order valence-electron chi connectivity index (χ4n) is 2.22. The van der Waals surface area contributed by atoms with Crippen LogP contribution in [0.15, 0.2) is 0 Å². The molecule has 1 aliphatic carbocycles. The van der Waals surface area contributed by atoms with Gasteiger partial charge in [0.05, 0.1) is 10.7 Å². The maximum absolute atomic E-state index is 4.67. The Morgan fingerprint density at radius 3 is 2.92 bits per heavy atom. The Bertz CT molecular complexity index is 301. The third kappa shape index (κ3) is 1.64. The van der Waals surface area contributed by atoms with Crippen molar-refractivity contribution < 1.29 is 0 Å². The summed E-state index contributed by atoms with van der Waals surface area (Å²) >= 11 is 1.90. The molecule has 0 saturated carbocycles. The molecule has 1 unspecified atom stereocenters. The number of hydrogen-bond acceptors (Lipinski definition) is 2. The van der Waals surface area contributed by atoms with Gasteiger partial charge in [-0.15, -0.1) is 11.3 Å². The molecule has 1 aliphatic rings. The molecular formula is C11H17NS. The van der Waals surface area contributed by atoms with E-state index in [-0.39, 0.29) is 0 Å². The van der Waals surface area contributed by atoms with Crippen molar-refractivity contribution in [2.45, 2.75) is 46.0 Å². The number of aryl methyl sites for hydroxylation is 2. The lowest BCUT2D eigenvalue weighted by atomic mass is 9.83. The zero-order valence-electron chi connectivity index (χ0n) is 8.63. The molecule has 1 atom stereocenters. The van der Waals surface area contributed by atoms with Crippen LogP contribution < -0.4 is 0 Å². The van der Waals surface area contributed by atoms with E-state index in [1.165, 1.54) is 30.0 Å². The topological polar surface area (TPSA) is 12.9 Å². The summed E-state index contributed by atoms with van der Waals surface area (Å²) in [5, 5.41) is 1.25. The van der Waals surface area contributed by atoms with Crippen molar-refractivity contribution in [1.29, 1.82) is 0 Å². The first-order chi connectivity index (χ1) is 6.18. The van der Waals surface area contributed by atoms with Gasteiger partial charge in [0, 0.05) is 10.8 Å². The SMILES string of the molecule is Cc1nc2c(s1)CCCC2C(C)C. The third-order valence-corrected chi connectivity index (χ3v) is 3.96. The van der Waals surface area contributed by atoms with E-state index in [2.05, 4.69) is 25.8 Å². The predicted octanol–water partition coefficient (Wildman–Crippen LogP) is 3.53. The smallest absolute Gasteiger partial charge is 0.0900 e. The van der Waals surface area contributed by atoms with Crippen LogP contribution in [0.3, 0.4) is 0 Å². The average Bonchev–Trinajstić information content (AvgIpc) is 2.43. The van der Waals surface area contributed by atoms with Gasteiger partial charge in [-0.3, -0.25) is 0 Å². The zero-order valence-corrected chi connectivity index (χ0v) is 9.45. The largest absolute Gasteiger partial charge is 0.246 e. The molecule has 0 fully saturated rings. The molecule has 2 rings (SSSR count). The lowest BCUT2D eigenvalue weighted by Crippen LogP contribution is -2.13. The number of hydrogen-bond donors (Lipinski definition) is 0. The van der Waals surface area contributed by atoms with Crippen LogP contribution in [0.5, 0.6) is 0 Å². The summed E-state index contributed by atoms with van der Waals surface area (Å²) in [6.07, 6.45) is 3.97. The van der Waals surface area contributed by atoms with Gasteiger partial charge in [-0.05, 0) is 32.1 Å². The first-order valence-corrected chi connectivity index (χ1v) is 5.96. The van der Waals surface area contributed by atoms with Crippen molar-refractivity contribution in [2.24, 2.45) is 5.92 Å². The molecule has 0 N–H and O–H groups in total. The molecule has 1 aromatic heterocycles. The average molecular weight is 195 g/mol. The molecule has 1 heterocycles. The van der Waals surface area contributed by atoms with Gasteiger partial charge in [0.15, 0.2) is 0 Å². The van der Waals surface area contributed by atoms with Crippen molar-refractivity contribution in [3.05, 3.63) is 15.6 Å². The summed E-state index contributed by atoms with van der Waals surface area (Å²) in [6, 6.07) is 0. The van der Waals surface area contributed by atoms with Crippen LogP contribution in [0.1, 0.15) is 48.2 Å². The van der Waals surface area contributed by atoms with Gasteiger partial charge in [0.1, 0.15) is 0 Å². The highest BCUT2D eigenvalue weighted by Gasteiger charge is 2.25. The number of nitrogens with zero attached hydrogens (tertiary/aromatic N) is 1. The van der Waals surface area contributed by atoms with E-state index in [0.29, 0.717) is 0 Å². The van der Waals surface area contributed by atoms with Crippen molar-refractivity contribution >= 4 is 11.3 Å². The van der Waals surface area contributed by atoms with Gasteiger partial charge in [0.25, 0.3) is 0 Å². The van der Waals surface area contributed by atoms with Crippen molar-refractivity contribution in [1.82, 2.24) is 4.98 Å². The summed E-state index contributed by atoms with van der Waals surface area (Å²) in [4.78, 5) is 6.23. The molecule has 2 heteroatoms. The van der Waals surface area contributed by atoms with Gasteiger partial charge < -0.3 is 0 Å². The first-order valence-electron chi connectivity index (χ1n) is 5.14. The molecule has 1 aromatic rings. The lowest BCUT2D eigenvalue weighted by molar-refractivity contribution is 0.427. The summed E-state index contributed by atoms with van der Waals surface area (Å²) < 4.78 is 0.